The Labute approximate surface area is 158 Å². The van der Waals surface area contributed by atoms with E-state index >= 15 is 0 Å². The Bertz CT molecular complexity index is 784. The van der Waals surface area contributed by atoms with Gasteiger partial charge in [-0.2, -0.15) is 0 Å². The third-order valence-electron chi connectivity index (χ3n) is 4.17. The van der Waals surface area contributed by atoms with E-state index in [-0.39, 0.29) is 18.7 Å². The number of hydrogen-bond donors (Lipinski definition) is 1. The molecule has 0 aliphatic carbocycles. The van der Waals surface area contributed by atoms with Crippen molar-refractivity contribution in [2.45, 2.75) is 51.9 Å². The zero-order chi connectivity index (χ0) is 19.4. The van der Waals surface area contributed by atoms with E-state index in [1.54, 1.807) is 29.4 Å². The van der Waals surface area contributed by atoms with Crippen molar-refractivity contribution in [3.63, 3.8) is 0 Å². The smallest absolute Gasteiger partial charge is 0.410 e. The van der Waals surface area contributed by atoms with Crippen LogP contribution in [0.25, 0.3) is 11.3 Å². The Kier molecular flexibility index (Phi) is 5.65. The second kappa shape index (κ2) is 7.96. The van der Waals surface area contributed by atoms with Crippen LogP contribution in [0.2, 0.25) is 0 Å². The molecule has 0 spiro atoms. The number of nitrogens with zero attached hydrogens (tertiary/aromatic N) is 3. The summed E-state index contributed by atoms with van der Waals surface area (Å²) in [6, 6.07) is 3.42. The van der Waals surface area contributed by atoms with Crippen LogP contribution < -0.4 is 4.74 Å². The van der Waals surface area contributed by atoms with E-state index < -0.39 is 5.60 Å². The number of likely N-dealkylation sites (tertiary alicyclic amines) is 1. The van der Waals surface area contributed by atoms with E-state index in [0.717, 1.165) is 12.8 Å². The minimum absolute atomic E-state index is 0.0326. The molecule has 0 saturated carbocycles. The fourth-order valence-electron chi connectivity index (χ4n) is 2.92. The molecule has 2 aromatic heterocycles. The molecule has 2 aromatic rings. The topological polar surface area (TPSA) is 97.9 Å². The normalized spacial score (nSPS) is 17.2. The number of ether oxygens (including phenoxy) is 2. The molecule has 1 atom stereocenters. The first kappa shape index (κ1) is 19.2. The summed E-state index contributed by atoms with van der Waals surface area (Å²) < 4.78 is 16.5. The standard InChI is InChI=1S/C19H25N3O5/c1-19(2,3)26-18(24)22-6-4-5-15(22)12-25-16-7-13(9-20-10-16)17-8-14(11-23)21-27-17/h7-10,15,23H,4-6,11-12H2,1-3H3/t15-/m0/s1. The second-order valence-corrected chi connectivity index (χ2v) is 7.53. The van der Waals surface area contributed by atoms with E-state index in [0.29, 0.717) is 35.9 Å². The highest BCUT2D eigenvalue weighted by atomic mass is 16.6. The summed E-state index contributed by atoms with van der Waals surface area (Å²) in [5.41, 5.74) is 0.638. The molecule has 8 nitrogen and oxygen atoms in total. The fraction of sp³-hybridized carbons (Fsp3) is 0.526. The maximum absolute atomic E-state index is 12.3. The molecule has 3 heterocycles. The molecule has 8 heteroatoms. The molecule has 0 unspecified atom stereocenters. The number of aliphatic hydroxyl groups is 1. The van der Waals surface area contributed by atoms with E-state index in [1.165, 1.54) is 0 Å². The molecular weight excluding hydrogens is 350 g/mol. The highest BCUT2D eigenvalue weighted by Crippen LogP contribution is 2.25. The SMILES string of the molecule is CC(C)(C)OC(=O)N1CCC[C@H]1COc1cncc(-c2cc(CO)no2)c1. The van der Waals surface area contributed by atoms with Gasteiger partial charge in [-0.15, -0.1) is 0 Å². The molecule has 3 rings (SSSR count). The number of carbonyl (C=O) groups is 1. The Morgan fingerprint density at radius 1 is 1.37 bits per heavy atom. The first-order valence-electron chi connectivity index (χ1n) is 9.00. The largest absolute Gasteiger partial charge is 0.490 e. The van der Waals surface area contributed by atoms with Gasteiger partial charge >= 0.3 is 6.09 Å². The molecule has 1 amide bonds. The quantitative estimate of drug-likeness (QED) is 0.858. The van der Waals surface area contributed by atoms with Gasteiger partial charge in [0.05, 0.1) is 18.8 Å². The van der Waals surface area contributed by atoms with Gasteiger partial charge in [-0.1, -0.05) is 5.16 Å². The summed E-state index contributed by atoms with van der Waals surface area (Å²) in [6.45, 7) is 6.42. The maximum Gasteiger partial charge on any atom is 0.410 e. The zero-order valence-electron chi connectivity index (χ0n) is 15.8. The summed E-state index contributed by atoms with van der Waals surface area (Å²) in [4.78, 5) is 18.2. The minimum atomic E-state index is -0.520. The highest BCUT2D eigenvalue weighted by Gasteiger charge is 2.32. The summed E-state index contributed by atoms with van der Waals surface area (Å²) in [5.74, 6) is 1.08. The van der Waals surface area contributed by atoms with E-state index in [9.17, 15) is 4.79 Å². The molecule has 1 N–H and O–H groups in total. The van der Waals surface area contributed by atoms with Crippen molar-refractivity contribution >= 4 is 6.09 Å². The summed E-state index contributed by atoms with van der Waals surface area (Å²) in [6.07, 6.45) is 4.73. The summed E-state index contributed by atoms with van der Waals surface area (Å²) in [7, 11) is 0. The number of amides is 1. The van der Waals surface area contributed by atoms with Crippen LogP contribution in [0, 0.1) is 0 Å². The van der Waals surface area contributed by atoms with Crippen LogP contribution in [0.1, 0.15) is 39.3 Å². The van der Waals surface area contributed by atoms with Gasteiger partial charge in [-0.3, -0.25) is 4.98 Å². The van der Waals surface area contributed by atoms with Crippen LogP contribution in [0.15, 0.2) is 29.0 Å². The van der Waals surface area contributed by atoms with Gasteiger partial charge in [0, 0.05) is 24.4 Å². The van der Waals surface area contributed by atoms with Crippen molar-refractivity contribution in [1.29, 1.82) is 0 Å². The van der Waals surface area contributed by atoms with Crippen LogP contribution in [0.4, 0.5) is 4.79 Å². The van der Waals surface area contributed by atoms with Crippen LogP contribution in [-0.2, 0) is 11.3 Å². The Morgan fingerprint density at radius 3 is 2.89 bits per heavy atom. The van der Waals surface area contributed by atoms with Crippen molar-refractivity contribution < 1.29 is 23.9 Å². The molecule has 0 radical (unpaired) electrons. The van der Waals surface area contributed by atoms with Crippen molar-refractivity contribution in [1.82, 2.24) is 15.0 Å². The van der Waals surface area contributed by atoms with Crippen LogP contribution in [-0.4, -0.2) is 51.0 Å². The third-order valence-corrected chi connectivity index (χ3v) is 4.17. The second-order valence-electron chi connectivity index (χ2n) is 7.53. The van der Waals surface area contributed by atoms with Gasteiger partial charge in [0.1, 0.15) is 23.7 Å². The highest BCUT2D eigenvalue weighted by molar-refractivity contribution is 5.69. The Morgan fingerprint density at radius 2 is 2.19 bits per heavy atom. The molecule has 27 heavy (non-hydrogen) atoms. The van der Waals surface area contributed by atoms with Gasteiger partial charge in [-0.25, -0.2) is 4.79 Å². The predicted octanol–water partition coefficient (Wildman–Crippen LogP) is 3.01. The molecule has 146 valence electrons. The maximum atomic E-state index is 12.3. The lowest BCUT2D eigenvalue weighted by Crippen LogP contribution is -2.42. The molecule has 1 fully saturated rings. The van der Waals surface area contributed by atoms with Crippen LogP contribution in [0.3, 0.4) is 0 Å². The Balaban J connectivity index is 1.62. The fourth-order valence-corrected chi connectivity index (χ4v) is 2.92. The molecular formula is C19H25N3O5. The monoisotopic (exact) mass is 375 g/mol. The lowest BCUT2D eigenvalue weighted by molar-refractivity contribution is 0.0187. The average Bonchev–Trinajstić information content (AvgIpc) is 3.28. The number of carbonyl (C=O) groups excluding carboxylic acids is 1. The van der Waals surface area contributed by atoms with Gasteiger partial charge in [0.15, 0.2) is 5.76 Å². The van der Waals surface area contributed by atoms with Crippen LogP contribution >= 0.6 is 0 Å². The van der Waals surface area contributed by atoms with Crippen molar-refractivity contribution in [2.24, 2.45) is 0 Å². The van der Waals surface area contributed by atoms with Crippen molar-refractivity contribution in [3.8, 4) is 17.1 Å². The first-order chi connectivity index (χ1) is 12.9. The first-order valence-corrected chi connectivity index (χ1v) is 9.00. The molecule has 1 aliphatic rings. The molecule has 1 aliphatic heterocycles. The zero-order valence-corrected chi connectivity index (χ0v) is 15.8. The number of pyridine rings is 1. The molecule has 0 aromatic carbocycles. The molecule has 0 bridgehead atoms. The lowest BCUT2D eigenvalue weighted by atomic mass is 10.2. The number of rotatable bonds is 5. The summed E-state index contributed by atoms with van der Waals surface area (Å²) in [5, 5.41) is 12.8. The lowest BCUT2D eigenvalue weighted by Gasteiger charge is -2.28. The van der Waals surface area contributed by atoms with E-state index in [2.05, 4.69) is 10.1 Å². The average molecular weight is 375 g/mol. The summed E-state index contributed by atoms with van der Waals surface area (Å²) >= 11 is 0. The van der Waals surface area contributed by atoms with Gasteiger partial charge in [0.2, 0.25) is 0 Å². The number of hydrogen-bond acceptors (Lipinski definition) is 7. The Hall–Kier alpha value is -2.61. The molecule has 1 saturated heterocycles. The van der Waals surface area contributed by atoms with Gasteiger partial charge in [-0.05, 0) is 39.7 Å². The number of aromatic nitrogens is 2. The van der Waals surface area contributed by atoms with Gasteiger partial charge < -0.3 is 24.0 Å². The third kappa shape index (κ3) is 4.97. The van der Waals surface area contributed by atoms with Crippen LogP contribution in [0.5, 0.6) is 5.75 Å². The predicted molar refractivity (Wildman–Crippen MR) is 97.1 cm³/mol. The van der Waals surface area contributed by atoms with E-state index in [1.807, 2.05) is 20.8 Å². The van der Waals surface area contributed by atoms with Crippen molar-refractivity contribution in [3.05, 3.63) is 30.2 Å². The van der Waals surface area contributed by atoms with Gasteiger partial charge in [0.25, 0.3) is 0 Å². The minimum Gasteiger partial charge on any atom is -0.490 e. The van der Waals surface area contributed by atoms with Crippen molar-refractivity contribution in [2.75, 3.05) is 13.2 Å². The van der Waals surface area contributed by atoms with E-state index in [4.69, 9.17) is 19.1 Å². The number of aliphatic hydroxyl groups excluding tert-OH is 1.